The number of urea groups is 1. The quantitative estimate of drug-likeness (QED) is 0.878. The van der Waals surface area contributed by atoms with Gasteiger partial charge in [-0.3, -0.25) is 4.90 Å². The SMILES string of the molecule is Cc1cccc(N2CCN(C(=O)NCC(C)(C)N3CCOCC3)CC2)c1C. The van der Waals surface area contributed by atoms with Crippen LogP contribution in [0.3, 0.4) is 0 Å². The van der Waals surface area contributed by atoms with Gasteiger partial charge in [-0.15, -0.1) is 0 Å². The normalized spacial score (nSPS) is 19.3. The third-order valence-corrected chi connectivity index (χ3v) is 6.02. The van der Waals surface area contributed by atoms with Gasteiger partial charge in [0.2, 0.25) is 0 Å². The van der Waals surface area contributed by atoms with E-state index in [-0.39, 0.29) is 11.6 Å². The number of aryl methyl sites for hydroxylation is 1. The Morgan fingerprint density at radius 3 is 2.41 bits per heavy atom. The molecule has 0 aromatic heterocycles. The maximum absolute atomic E-state index is 12.6. The van der Waals surface area contributed by atoms with Crippen molar-refractivity contribution in [2.45, 2.75) is 33.2 Å². The highest BCUT2D eigenvalue weighted by Crippen LogP contribution is 2.24. The smallest absolute Gasteiger partial charge is 0.317 e. The van der Waals surface area contributed by atoms with Crippen LogP contribution in [0.15, 0.2) is 18.2 Å². The summed E-state index contributed by atoms with van der Waals surface area (Å²) in [6, 6.07) is 6.50. The van der Waals surface area contributed by atoms with Crippen molar-refractivity contribution < 1.29 is 9.53 Å². The summed E-state index contributed by atoms with van der Waals surface area (Å²) in [4.78, 5) is 19.4. The average Bonchev–Trinajstić information content (AvgIpc) is 2.69. The zero-order valence-electron chi connectivity index (χ0n) is 17.3. The molecule has 0 saturated carbocycles. The summed E-state index contributed by atoms with van der Waals surface area (Å²) in [5, 5.41) is 3.15. The first-order chi connectivity index (χ1) is 12.9. The van der Waals surface area contributed by atoms with Gasteiger partial charge in [-0.05, 0) is 44.9 Å². The molecule has 2 heterocycles. The van der Waals surface area contributed by atoms with Crippen molar-refractivity contribution in [2.24, 2.45) is 0 Å². The van der Waals surface area contributed by atoms with Gasteiger partial charge >= 0.3 is 6.03 Å². The highest BCUT2D eigenvalue weighted by molar-refractivity contribution is 5.74. The van der Waals surface area contributed by atoms with E-state index in [0.717, 1.165) is 52.5 Å². The number of benzene rings is 1. The fraction of sp³-hybridized carbons (Fsp3) is 0.667. The van der Waals surface area contributed by atoms with Crippen LogP contribution in [0.5, 0.6) is 0 Å². The Hall–Kier alpha value is -1.79. The molecule has 0 radical (unpaired) electrons. The van der Waals surface area contributed by atoms with E-state index in [2.05, 4.69) is 61.0 Å². The van der Waals surface area contributed by atoms with Gasteiger partial charge < -0.3 is 19.9 Å². The minimum Gasteiger partial charge on any atom is -0.379 e. The summed E-state index contributed by atoms with van der Waals surface area (Å²) in [6.07, 6.45) is 0. The second kappa shape index (κ2) is 8.48. The van der Waals surface area contributed by atoms with Crippen LogP contribution in [0.1, 0.15) is 25.0 Å². The monoisotopic (exact) mass is 374 g/mol. The van der Waals surface area contributed by atoms with Gasteiger partial charge in [-0.1, -0.05) is 12.1 Å². The Kier molecular flexibility index (Phi) is 6.27. The molecule has 0 atom stereocenters. The van der Waals surface area contributed by atoms with E-state index < -0.39 is 0 Å². The molecule has 1 aromatic carbocycles. The van der Waals surface area contributed by atoms with Gasteiger partial charge in [0.1, 0.15) is 0 Å². The lowest BCUT2D eigenvalue weighted by Crippen LogP contribution is -2.58. The van der Waals surface area contributed by atoms with Crippen molar-refractivity contribution in [2.75, 3.05) is 63.9 Å². The lowest BCUT2D eigenvalue weighted by molar-refractivity contribution is -0.00905. The van der Waals surface area contributed by atoms with E-state index in [1.165, 1.54) is 16.8 Å². The molecule has 0 unspecified atom stereocenters. The number of nitrogens with one attached hydrogen (secondary N) is 1. The summed E-state index contributed by atoms with van der Waals surface area (Å²) in [6.45, 7) is 16.1. The summed E-state index contributed by atoms with van der Waals surface area (Å²) < 4.78 is 5.44. The molecule has 2 amide bonds. The molecule has 3 rings (SSSR count). The molecule has 27 heavy (non-hydrogen) atoms. The van der Waals surface area contributed by atoms with E-state index in [9.17, 15) is 4.79 Å². The molecule has 1 N–H and O–H groups in total. The van der Waals surface area contributed by atoms with Crippen LogP contribution in [-0.2, 0) is 4.74 Å². The molecule has 2 aliphatic heterocycles. The van der Waals surface area contributed by atoms with Crippen LogP contribution < -0.4 is 10.2 Å². The van der Waals surface area contributed by atoms with Crippen LogP contribution in [0.4, 0.5) is 10.5 Å². The van der Waals surface area contributed by atoms with Crippen LogP contribution in [-0.4, -0.2) is 80.4 Å². The maximum Gasteiger partial charge on any atom is 0.317 e. The molecule has 2 aliphatic rings. The number of hydrogen-bond donors (Lipinski definition) is 1. The number of morpholine rings is 1. The molecular weight excluding hydrogens is 340 g/mol. The Morgan fingerprint density at radius 1 is 1.07 bits per heavy atom. The van der Waals surface area contributed by atoms with Crippen molar-refractivity contribution in [1.82, 2.24) is 15.1 Å². The number of nitrogens with zero attached hydrogens (tertiary/aromatic N) is 3. The first-order valence-electron chi connectivity index (χ1n) is 10.1. The predicted molar refractivity (Wildman–Crippen MR) is 110 cm³/mol. The van der Waals surface area contributed by atoms with E-state index >= 15 is 0 Å². The van der Waals surface area contributed by atoms with Crippen molar-refractivity contribution in [1.29, 1.82) is 0 Å². The zero-order chi connectivity index (χ0) is 19.4. The van der Waals surface area contributed by atoms with Gasteiger partial charge in [-0.25, -0.2) is 4.79 Å². The number of piperazine rings is 1. The van der Waals surface area contributed by atoms with Crippen molar-refractivity contribution >= 4 is 11.7 Å². The molecule has 2 fully saturated rings. The predicted octanol–water partition coefficient (Wildman–Crippen LogP) is 2.25. The summed E-state index contributed by atoms with van der Waals surface area (Å²) in [5.41, 5.74) is 3.89. The zero-order valence-corrected chi connectivity index (χ0v) is 17.3. The third-order valence-electron chi connectivity index (χ3n) is 6.02. The largest absolute Gasteiger partial charge is 0.379 e. The van der Waals surface area contributed by atoms with Crippen molar-refractivity contribution in [3.05, 3.63) is 29.3 Å². The van der Waals surface area contributed by atoms with Gasteiger partial charge in [0.25, 0.3) is 0 Å². The number of rotatable bonds is 4. The number of carbonyl (C=O) groups excluding carboxylic acids is 1. The number of amides is 2. The van der Waals surface area contributed by atoms with E-state index in [1.807, 2.05) is 4.90 Å². The van der Waals surface area contributed by atoms with Gasteiger partial charge in [0, 0.05) is 57.0 Å². The minimum absolute atomic E-state index is 0.0527. The van der Waals surface area contributed by atoms with Crippen molar-refractivity contribution in [3.8, 4) is 0 Å². The fourth-order valence-electron chi connectivity index (χ4n) is 3.91. The maximum atomic E-state index is 12.6. The Bertz CT molecular complexity index is 648. The van der Waals surface area contributed by atoms with Crippen molar-refractivity contribution in [3.63, 3.8) is 0 Å². The summed E-state index contributed by atoms with van der Waals surface area (Å²) >= 11 is 0. The number of hydrogen-bond acceptors (Lipinski definition) is 4. The second-order valence-electron chi connectivity index (χ2n) is 8.26. The lowest BCUT2D eigenvalue weighted by atomic mass is 10.0. The lowest BCUT2D eigenvalue weighted by Gasteiger charge is -2.42. The first-order valence-corrected chi connectivity index (χ1v) is 10.1. The molecule has 150 valence electrons. The summed E-state index contributed by atoms with van der Waals surface area (Å²) in [7, 11) is 0. The molecule has 0 spiro atoms. The van der Waals surface area contributed by atoms with E-state index in [0.29, 0.717) is 6.54 Å². The molecule has 1 aromatic rings. The van der Waals surface area contributed by atoms with Crippen LogP contribution >= 0.6 is 0 Å². The average molecular weight is 375 g/mol. The molecule has 6 heteroatoms. The molecule has 0 bridgehead atoms. The number of carbonyl (C=O) groups is 1. The Labute approximate surface area is 163 Å². The highest BCUT2D eigenvalue weighted by atomic mass is 16.5. The first kappa shape index (κ1) is 20.0. The number of anilines is 1. The highest BCUT2D eigenvalue weighted by Gasteiger charge is 2.30. The van der Waals surface area contributed by atoms with Gasteiger partial charge in [0.05, 0.1) is 13.2 Å². The molecular formula is C21H34N4O2. The standard InChI is InChI=1S/C21H34N4O2/c1-17-6-5-7-19(18(17)2)23-8-10-24(11-9-23)20(26)22-16-21(3,4)25-12-14-27-15-13-25/h5-7H,8-16H2,1-4H3,(H,22,26). The topological polar surface area (TPSA) is 48.0 Å². The van der Waals surface area contributed by atoms with Gasteiger partial charge in [0.15, 0.2) is 0 Å². The third kappa shape index (κ3) is 4.74. The van der Waals surface area contributed by atoms with Crippen LogP contribution in [0.25, 0.3) is 0 Å². The van der Waals surface area contributed by atoms with E-state index in [1.54, 1.807) is 0 Å². The fourth-order valence-corrected chi connectivity index (χ4v) is 3.91. The molecule has 2 saturated heterocycles. The van der Waals surface area contributed by atoms with E-state index in [4.69, 9.17) is 4.74 Å². The summed E-state index contributed by atoms with van der Waals surface area (Å²) in [5.74, 6) is 0. The Balaban J connectivity index is 1.49. The molecule has 0 aliphatic carbocycles. The van der Waals surface area contributed by atoms with Crippen LogP contribution in [0.2, 0.25) is 0 Å². The van der Waals surface area contributed by atoms with Crippen LogP contribution in [0, 0.1) is 13.8 Å². The number of ether oxygens (including phenoxy) is 1. The minimum atomic E-state index is -0.0556. The second-order valence-corrected chi connectivity index (χ2v) is 8.26. The Morgan fingerprint density at radius 2 is 1.74 bits per heavy atom. The molecule has 6 nitrogen and oxygen atoms in total. The van der Waals surface area contributed by atoms with Gasteiger partial charge in [-0.2, -0.15) is 0 Å².